The zero-order valence-electron chi connectivity index (χ0n) is 13.4. The maximum atomic E-state index is 11.8. The van der Waals surface area contributed by atoms with Crippen molar-refractivity contribution in [2.24, 2.45) is 5.92 Å². The van der Waals surface area contributed by atoms with Crippen molar-refractivity contribution in [3.05, 3.63) is 29.8 Å². The Labute approximate surface area is 131 Å². The molecule has 0 spiro atoms. The van der Waals surface area contributed by atoms with E-state index in [1.165, 1.54) is 7.11 Å². The quantitative estimate of drug-likeness (QED) is 0.615. The van der Waals surface area contributed by atoms with Gasteiger partial charge in [-0.2, -0.15) is 0 Å². The van der Waals surface area contributed by atoms with Crippen molar-refractivity contribution in [3.8, 4) is 5.75 Å². The standard InChI is InChI=1S/C17H23NO4/c1-12(2)22-14-6-4-13(5-7-14)10-18-9-8-16(19)15(11-18)17(20)21-3/h4-7,12,15H,8-11H2,1-3H3. The van der Waals surface area contributed by atoms with Crippen LogP contribution in [-0.2, 0) is 20.9 Å². The van der Waals surface area contributed by atoms with Gasteiger partial charge >= 0.3 is 5.97 Å². The maximum Gasteiger partial charge on any atom is 0.317 e. The molecule has 1 aromatic carbocycles. The Bertz CT molecular complexity index is 516. The molecule has 0 N–H and O–H groups in total. The molecule has 5 heteroatoms. The molecule has 1 aromatic rings. The Morgan fingerprint density at radius 1 is 1.32 bits per heavy atom. The summed E-state index contributed by atoms with van der Waals surface area (Å²) in [6, 6.07) is 7.92. The largest absolute Gasteiger partial charge is 0.491 e. The topological polar surface area (TPSA) is 55.8 Å². The molecule has 1 atom stereocenters. The molecule has 5 nitrogen and oxygen atoms in total. The van der Waals surface area contributed by atoms with Crippen LogP contribution in [-0.4, -0.2) is 43.0 Å². The lowest BCUT2D eigenvalue weighted by atomic mass is 9.96. The van der Waals surface area contributed by atoms with E-state index in [0.717, 1.165) is 11.3 Å². The highest BCUT2D eigenvalue weighted by Gasteiger charge is 2.33. The fraction of sp³-hybridized carbons (Fsp3) is 0.529. The molecule has 0 aromatic heterocycles. The Kier molecular flexibility index (Phi) is 5.55. The molecule has 0 radical (unpaired) electrons. The second kappa shape index (κ2) is 7.40. The minimum atomic E-state index is -0.651. The monoisotopic (exact) mass is 305 g/mol. The van der Waals surface area contributed by atoms with E-state index in [9.17, 15) is 9.59 Å². The SMILES string of the molecule is COC(=O)C1CN(Cc2ccc(OC(C)C)cc2)CCC1=O. The van der Waals surface area contributed by atoms with Gasteiger partial charge in [-0.05, 0) is 31.5 Å². The molecule has 2 rings (SSSR count). The van der Waals surface area contributed by atoms with Gasteiger partial charge in [-0.25, -0.2) is 0 Å². The molecule has 1 saturated heterocycles. The summed E-state index contributed by atoms with van der Waals surface area (Å²) in [5.74, 6) is -0.263. The smallest absolute Gasteiger partial charge is 0.317 e. The number of hydrogen-bond donors (Lipinski definition) is 0. The number of nitrogens with zero attached hydrogens (tertiary/aromatic N) is 1. The molecule has 120 valence electrons. The second-order valence-electron chi connectivity index (χ2n) is 5.84. The third-order valence-electron chi connectivity index (χ3n) is 3.69. The number of methoxy groups -OCH3 is 1. The number of rotatable bonds is 5. The van der Waals surface area contributed by atoms with E-state index >= 15 is 0 Å². The van der Waals surface area contributed by atoms with Gasteiger partial charge in [-0.1, -0.05) is 12.1 Å². The number of Topliss-reactive ketones (excluding diaryl/α,β-unsaturated/α-hetero) is 1. The van der Waals surface area contributed by atoms with Crippen LogP contribution in [0.4, 0.5) is 0 Å². The summed E-state index contributed by atoms with van der Waals surface area (Å²) in [5.41, 5.74) is 1.13. The number of hydrogen-bond acceptors (Lipinski definition) is 5. The van der Waals surface area contributed by atoms with Gasteiger partial charge in [0.15, 0.2) is 0 Å². The highest BCUT2D eigenvalue weighted by Crippen LogP contribution is 2.19. The lowest BCUT2D eigenvalue weighted by Crippen LogP contribution is -2.44. The van der Waals surface area contributed by atoms with Gasteiger partial charge in [0.25, 0.3) is 0 Å². The summed E-state index contributed by atoms with van der Waals surface area (Å²) < 4.78 is 10.3. The average molecular weight is 305 g/mol. The van der Waals surface area contributed by atoms with Crippen molar-refractivity contribution in [3.63, 3.8) is 0 Å². The van der Waals surface area contributed by atoms with Crippen LogP contribution in [0.2, 0.25) is 0 Å². The highest BCUT2D eigenvalue weighted by molar-refractivity contribution is 5.99. The number of piperidine rings is 1. The summed E-state index contributed by atoms with van der Waals surface area (Å²) in [7, 11) is 1.32. The summed E-state index contributed by atoms with van der Waals surface area (Å²) in [5, 5.41) is 0. The maximum absolute atomic E-state index is 11.8. The fourth-order valence-corrected chi connectivity index (χ4v) is 2.59. The normalized spacial score (nSPS) is 19.3. The van der Waals surface area contributed by atoms with Crippen molar-refractivity contribution in [2.75, 3.05) is 20.2 Å². The number of carbonyl (C=O) groups excluding carboxylic acids is 2. The van der Waals surface area contributed by atoms with Crippen molar-refractivity contribution in [1.29, 1.82) is 0 Å². The lowest BCUT2D eigenvalue weighted by molar-refractivity contribution is -0.152. The molecule has 1 unspecified atom stereocenters. The van der Waals surface area contributed by atoms with E-state index in [2.05, 4.69) is 4.90 Å². The summed E-state index contributed by atoms with van der Waals surface area (Å²) in [6.07, 6.45) is 0.550. The molecule has 0 amide bonds. The highest BCUT2D eigenvalue weighted by atomic mass is 16.5. The van der Waals surface area contributed by atoms with Crippen LogP contribution < -0.4 is 4.74 Å². The summed E-state index contributed by atoms with van der Waals surface area (Å²) >= 11 is 0. The Morgan fingerprint density at radius 2 is 2.00 bits per heavy atom. The van der Waals surface area contributed by atoms with Crippen LogP contribution in [0.1, 0.15) is 25.8 Å². The van der Waals surface area contributed by atoms with E-state index in [-0.39, 0.29) is 11.9 Å². The van der Waals surface area contributed by atoms with E-state index in [1.807, 2.05) is 38.1 Å². The summed E-state index contributed by atoms with van der Waals surface area (Å²) in [4.78, 5) is 25.5. The predicted molar refractivity (Wildman–Crippen MR) is 82.6 cm³/mol. The molecule has 0 bridgehead atoms. The minimum absolute atomic E-state index is 0.0243. The average Bonchev–Trinajstić information content (AvgIpc) is 2.50. The predicted octanol–water partition coefficient (Wildman–Crippen LogP) is 2.04. The van der Waals surface area contributed by atoms with E-state index in [4.69, 9.17) is 9.47 Å². The number of benzene rings is 1. The van der Waals surface area contributed by atoms with E-state index in [0.29, 0.717) is 26.1 Å². The molecule has 0 aliphatic carbocycles. The van der Waals surface area contributed by atoms with Gasteiger partial charge in [0.2, 0.25) is 0 Å². The number of ketones is 1. The molecule has 1 heterocycles. The molecule has 0 saturated carbocycles. The van der Waals surface area contributed by atoms with Crippen LogP contribution in [0, 0.1) is 5.92 Å². The first-order valence-electron chi connectivity index (χ1n) is 7.58. The second-order valence-corrected chi connectivity index (χ2v) is 5.84. The van der Waals surface area contributed by atoms with Gasteiger partial charge in [0, 0.05) is 26.1 Å². The minimum Gasteiger partial charge on any atom is -0.491 e. The van der Waals surface area contributed by atoms with Gasteiger partial charge < -0.3 is 9.47 Å². The number of ether oxygens (including phenoxy) is 2. The van der Waals surface area contributed by atoms with E-state index < -0.39 is 11.9 Å². The third kappa shape index (κ3) is 4.31. The van der Waals surface area contributed by atoms with Crippen molar-refractivity contribution < 1.29 is 19.1 Å². The number of esters is 1. The fourth-order valence-electron chi connectivity index (χ4n) is 2.59. The third-order valence-corrected chi connectivity index (χ3v) is 3.69. The van der Waals surface area contributed by atoms with Crippen LogP contribution in [0.3, 0.4) is 0 Å². The Balaban J connectivity index is 1.95. The Morgan fingerprint density at radius 3 is 2.59 bits per heavy atom. The van der Waals surface area contributed by atoms with Gasteiger partial charge in [0.05, 0.1) is 13.2 Å². The lowest BCUT2D eigenvalue weighted by Gasteiger charge is -2.30. The van der Waals surface area contributed by atoms with Crippen LogP contribution in [0.25, 0.3) is 0 Å². The number of carbonyl (C=O) groups is 2. The van der Waals surface area contributed by atoms with Crippen LogP contribution in [0.5, 0.6) is 5.75 Å². The van der Waals surface area contributed by atoms with Gasteiger partial charge in [0.1, 0.15) is 17.5 Å². The summed E-state index contributed by atoms with van der Waals surface area (Å²) in [6.45, 7) is 5.80. The first-order valence-corrected chi connectivity index (χ1v) is 7.58. The molecular formula is C17H23NO4. The molecular weight excluding hydrogens is 282 g/mol. The number of likely N-dealkylation sites (tertiary alicyclic amines) is 1. The zero-order valence-corrected chi connectivity index (χ0v) is 13.4. The Hall–Kier alpha value is -1.88. The van der Waals surface area contributed by atoms with Crippen molar-refractivity contribution >= 4 is 11.8 Å². The van der Waals surface area contributed by atoms with Gasteiger partial charge in [-0.15, -0.1) is 0 Å². The molecule has 1 aliphatic rings. The molecule has 1 aliphatic heterocycles. The molecule has 1 fully saturated rings. The van der Waals surface area contributed by atoms with E-state index in [1.54, 1.807) is 0 Å². The first-order chi connectivity index (χ1) is 10.5. The van der Waals surface area contributed by atoms with Crippen molar-refractivity contribution in [1.82, 2.24) is 4.90 Å². The zero-order chi connectivity index (χ0) is 16.1. The first kappa shape index (κ1) is 16.5. The van der Waals surface area contributed by atoms with Crippen LogP contribution >= 0.6 is 0 Å². The van der Waals surface area contributed by atoms with Gasteiger partial charge in [-0.3, -0.25) is 14.5 Å². The van der Waals surface area contributed by atoms with Crippen LogP contribution in [0.15, 0.2) is 24.3 Å². The molecule has 22 heavy (non-hydrogen) atoms. The van der Waals surface area contributed by atoms with Crippen molar-refractivity contribution in [2.45, 2.75) is 32.9 Å².